The van der Waals surface area contributed by atoms with Crippen molar-refractivity contribution in [1.82, 2.24) is 0 Å². The Morgan fingerprint density at radius 2 is 1.36 bits per heavy atom. The van der Waals surface area contributed by atoms with Gasteiger partial charge in [0.1, 0.15) is 11.7 Å². The number of hydrogen-bond donors (Lipinski definition) is 0. The lowest BCUT2D eigenvalue weighted by molar-refractivity contribution is -0.213. The lowest BCUT2D eigenvalue weighted by atomic mass is 9.92. The lowest BCUT2D eigenvalue weighted by Crippen LogP contribution is -2.67. The second-order valence-corrected chi connectivity index (χ2v) is 16.9. The maximum atomic E-state index is 12.3. The van der Waals surface area contributed by atoms with Gasteiger partial charge in [0.15, 0.2) is 6.10 Å². The van der Waals surface area contributed by atoms with Crippen LogP contribution in [-0.2, 0) is 37.7 Å². The number of unbranched alkanes of at least 4 members (excludes halogenated alkanes) is 2. The largest absolute Gasteiger partial charge is 0.453 e. The molecule has 2 aromatic rings. The van der Waals surface area contributed by atoms with Crippen LogP contribution >= 0.6 is 0 Å². The number of esters is 2. The Hall–Kier alpha value is -2.56. The number of rotatable bonds is 17. The van der Waals surface area contributed by atoms with E-state index in [2.05, 4.69) is 83.1 Å². The van der Waals surface area contributed by atoms with E-state index < -0.39 is 44.4 Å². The molecule has 3 rings (SSSR count). The van der Waals surface area contributed by atoms with E-state index in [0.717, 1.165) is 25.7 Å². The zero-order valence-electron chi connectivity index (χ0n) is 27.6. The minimum Gasteiger partial charge on any atom is -0.453 e. The Balaban J connectivity index is 2.05. The average Bonchev–Trinajstić information content (AvgIpc) is 3.24. The van der Waals surface area contributed by atoms with E-state index >= 15 is 0 Å². The van der Waals surface area contributed by atoms with Crippen LogP contribution in [0.3, 0.4) is 0 Å². The molecule has 0 aliphatic carbocycles. The van der Waals surface area contributed by atoms with Gasteiger partial charge in [-0.1, -0.05) is 108 Å². The maximum absolute atomic E-state index is 12.3. The minimum absolute atomic E-state index is 0.170. The SMILES string of the molecule is CCCCOC[C@@]1(CCO[Si](c2ccccc2)(c2ccccc2)C(C)(C)C)OC(OC(C)=O)C(OC(C)=O)C1OCCCC. The Labute approximate surface area is 264 Å². The van der Waals surface area contributed by atoms with E-state index in [1.54, 1.807) is 0 Å². The van der Waals surface area contributed by atoms with E-state index in [1.165, 1.54) is 24.2 Å². The Bertz CT molecular complexity index is 1110. The Kier molecular flexibility index (Phi) is 13.6. The van der Waals surface area contributed by atoms with Gasteiger partial charge in [0.25, 0.3) is 8.32 Å². The summed E-state index contributed by atoms with van der Waals surface area (Å²) in [7, 11) is -2.85. The van der Waals surface area contributed by atoms with Crippen molar-refractivity contribution < 1.29 is 37.7 Å². The van der Waals surface area contributed by atoms with Crippen LogP contribution in [0.15, 0.2) is 60.7 Å². The average molecular weight is 629 g/mol. The van der Waals surface area contributed by atoms with E-state index in [4.69, 9.17) is 28.1 Å². The van der Waals surface area contributed by atoms with Crippen LogP contribution in [0.25, 0.3) is 0 Å². The van der Waals surface area contributed by atoms with Crippen molar-refractivity contribution in [3.05, 3.63) is 60.7 Å². The van der Waals surface area contributed by atoms with Crippen molar-refractivity contribution in [2.24, 2.45) is 0 Å². The summed E-state index contributed by atoms with van der Waals surface area (Å²) in [5.74, 6) is -1.04. The molecule has 0 amide bonds. The first-order chi connectivity index (χ1) is 21.0. The van der Waals surface area contributed by atoms with Gasteiger partial charge in [0, 0.05) is 40.1 Å². The summed E-state index contributed by atoms with van der Waals surface area (Å²) in [4.78, 5) is 24.4. The first-order valence-corrected chi connectivity index (χ1v) is 17.9. The van der Waals surface area contributed by atoms with Gasteiger partial charge in [-0.05, 0) is 28.3 Å². The summed E-state index contributed by atoms with van der Waals surface area (Å²) < 4.78 is 37.7. The molecule has 0 N–H and O–H groups in total. The van der Waals surface area contributed by atoms with Crippen LogP contribution in [0.1, 0.15) is 80.6 Å². The van der Waals surface area contributed by atoms with Crippen LogP contribution in [-0.4, -0.2) is 70.8 Å². The van der Waals surface area contributed by atoms with Crippen molar-refractivity contribution in [2.75, 3.05) is 26.4 Å². The smallest absolute Gasteiger partial charge is 0.305 e. The summed E-state index contributed by atoms with van der Waals surface area (Å²) in [6.45, 7) is 15.0. The molecular weight excluding hydrogens is 576 g/mol. The van der Waals surface area contributed by atoms with Gasteiger partial charge in [-0.15, -0.1) is 0 Å². The first-order valence-electron chi connectivity index (χ1n) is 16.0. The minimum atomic E-state index is -2.85. The van der Waals surface area contributed by atoms with Crippen molar-refractivity contribution >= 4 is 30.6 Å². The van der Waals surface area contributed by atoms with Crippen LogP contribution in [0.5, 0.6) is 0 Å². The van der Waals surface area contributed by atoms with Gasteiger partial charge in [-0.3, -0.25) is 9.59 Å². The van der Waals surface area contributed by atoms with Gasteiger partial charge in [0.05, 0.1) is 6.61 Å². The molecule has 4 atom stereocenters. The lowest BCUT2D eigenvalue weighted by Gasteiger charge is -2.44. The topological polar surface area (TPSA) is 89.5 Å². The quantitative estimate of drug-likeness (QED) is 0.128. The highest BCUT2D eigenvalue weighted by atomic mass is 28.4. The number of carbonyl (C=O) groups is 2. The van der Waals surface area contributed by atoms with Gasteiger partial charge in [0.2, 0.25) is 6.29 Å². The highest BCUT2D eigenvalue weighted by Crippen LogP contribution is 2.41. The summed E-state index contributed by atoms with van der Waals surface area (Å²) in [5.41, 5.74) is -1.09. The normalized spacial score (nSPS) is 22.1. The van der Waals surface area contributed by atoms with Crippen LogP contribution in [0.4, 0.5) is 0 Å². The molecule has 0 spiro atoms. The van der Waals surface area contributed by atoms with E-state index in [0.29, 0.717) is 26.2 Å². The summed E-state index contributed by atoms with van der Waals surface area (Å²) in [6, 6.07) is 20.9. The van der Waals surface area contributed by atoms with Gasteiger partial charge in [-0.2, -0.15) is 0 Å². The monoisotopic (exact) mass is 628 g/mol. The molecule has 1 heterocycles. The Morgan fingerprint density at radius 1 is 0.818 bits per heavy atom. The van der Waals surface area contributed by atoms with Crippen molar-refractivity contribution in [3.63, 3.8) is 0 Å². The van der Waals surface area contributed by atoms with E-state index in [9.17, 15) is 9.59 Å². The molecule has 0 bridgehead atoms. The predicted molar refractivity (Wildman–Crippen MR) is 173 cm³/mol. The summed E-state index contributed by atoms with van der Waals surface area (Å²) in [5, 5.41) is 2.13. The molecule has 1 fully saturated rings. The third-order valence-electron chi connectivity index (χ3n) is 8.06. The number of benzene rings is 2. The molecule has 0 saturated carbocycles. The fraction of sp³-hybridized carbons (Fsp3) is 0.600. The highest BCUT2D eigenvalue weighted by Gasteiger charge is 2.60. The molecule has 1 aliphatic rings. The summed E-state index contributed by atoms with van der Waals surface area (Å²) in [6.07, 6.45) is 1.16. The molecule has 8 nitrogen and oxygen atoms in total. The molecular formula is C35H52O8Si. The maximum Gasteiger partial charge on any atom is 0.305 e. The number of ether oxygens (including phenoxy) is 5. The van der Waals surface area contributed by atoms with Crippen molar-refractivity contribution in [2.45, 2.75) is 110 Å². The fourth-order valence-electron chi connectivity index (χ4n) is 5.99. The van der Waals surface area contributed by atoms with Crippen LogP contribution in [0, 0.1) is 0 Å². The molecule has 1 aliphatic heterocycles. The third-order valence-corrected chi connectivity index (χ3v) is 13.1. The molecule has 2 aromatic carbocycles. The number of hydrogen-bond acceptors (Lipinski definition) is 8. The second-order valence-electron chi connectivity index (χ2n) is 12.5. The first kappa shape index (κ1) is 35.9. The zero-order valence-corrected chi connectivity index (χ0v) is 28.6. The van der Waals surface area contributed by atoms with E-state index in [1.807, 2.05) is 12.1 Å². The molecule has 244 valence electrons. The fourth-order valence-corrected chi connectivity index (χ4v) is 10.6. The van der Waals surface area contributed by atoms with Gasteiger partial charge < -0.3 is 28.1 Å². The van der Waals surface area contributed by atoms with Gasteiger partial charge in [-0.25, -0.2) is 0 Å². The van der Waals surface area contributed by atoms with Gasteiger partial charge >= 0.3 is 11.9 Å². The Morgan fingerprint density at radius 3 is 1.86 bits per heavy atom. The second kappa shape index (κ2) is 16.7. The molecule has 1 saturated heterocycles. The molecule has 9 heteroatoms. The van der Waals surface area contributed by atoms with Crippen LogP contribution in [0.2, 0.25) is 5.04 Å². The molecule has 0 aromatic heterocycles. The van der Waals surface area contributed by atoms with E-state index in [-0.39, 0.29) is 11.6 Å². The zero-order chi connectivity index (χ0) is 32.2. The predicted octanol–water partition coefficient (Wildman–Crippen LogP) is 5.55. The summed E-state index contributed by atoms with van der Waals surface area (Å²) >= 11 is 0. The third kappa shape index (κ3) is 8.79. The molecule has 44 heavy (non-hydrogen) atoms. The highest BCUT2D eigenvalue weighted by molar-refractivity contribution is 6.99. The molecule has 3 unspecified atom stereocenters. The van der Waals surface area contributed by atoms with Crippen molar-refractivity contribution in [3.8, 4) is 0 Å². The molecule has 0 radical (unpaired) electrons. The van der Waals surface area contributed by atoms with Crippen molar-refractivity contribution in [1.29, 1.82) is 0 Å². The standard InChI is InChI=1S/C35H52O8Si/c1-8-10-23-38-26-35(32(39-24-11-9-2)31(41-27(3)36)33(43-35)42-28(4)37)22-25-40-44(34(5,6)7,29-18-14-12-15-19-29)30-20-16-13-17-21-30/h12-21,31-33H,8-11,22-26H2,1-7H3/t31?,32?,33?,35-/m1/s1. The number of carbonyl (C=O) groups excluding carboxylic acids is 2. The van der Waals surface area contributed by atoms with Crippen LogP contribution < -0.4 is 10.4 Å².